The first-order chi connectivity index (χ1) is 32.8. The van der Waals surface area contributed by atoms with Gasteiger partial charge in [-0.3, -0.25) is 4.79 Å². The number of rotatable bonds is 33. The summed E-state index contributed by atoms with van der Waals surface area (Å²) < 4.78 is 34.0. The summed E-state index contributed by atoms with van der Waals surface area (Å²) >= 11 is 0. The minimum atomic E-state index is -1.98. The molecule has 394 valence electrons. The van der Waals surface area contributed by atoms with Crippen LogP contribution in [-0.4, -0.2) is 193 Å². The summed E-state index contributed by atoms with van der Waals surface area (Å²) in [6.07, 6.45) is 5.63. The fourth-order valence-electron chi connectivity index (χ4n) is 8.20. The molecule has 0 aromatic carbocycles. The average molecular weight is 976 g/mol. The molecule has 1 amide bonds. The summed E-state index contributed by atoms with van der Waals surface area (Å²) in [6, 6.07) is -0.985. The number of unbranched alkanes of at least 4 members (excludes halogenated alkanes) is 11. The number of aliphatic hydroxyl groups is 11. The third-order valence-corrected chi connectivity index (χ3v) is 12.4. The smallest absolute Gasteiger partial charge is 0.220 e. The van der Waals surface area contributed by atoms with Gasteiger partial charge in [0, 0.05) is 6.42 Å². The van der Waals surface area contributed by atoms with Crippen LogP contribution >= 0.6 is 0 Å². The molecule has 17 atom stereocenters. The number of nitrogens with one attached hydrogen (secondary N) is 1. The van der Waals surface area contributed by atoms with Gasteiger partial charge >= 0.3 is 0 Å². The van der Waals surface area contributed by atoms with Crippen molar-refractivity contribution in [3.8, 4) is 0 Å². The molecule has 0 saturated carbocycles. The zero-order valence-corrected chi connectivity index (χ0v) is 40.1. The monoisotopic (exact) mass is 976 g/mol. The lowest BCUT2D eigenvalue weighted by atomic mass is 9.96. The molecule has 19 nitrogen and oxygen atoms in total. The molecular weight excluding hydrogens is 891 g/mol. The van der Waals surface area contributed by atoms with Crippen molar-refractivity contribution in [1.82, 2.24) is 5.32 Å². The Morgan fingerprint density at radius 1 is 0.544 bits per heavy atom. The summed E-state index contributed by atoms with van der Waals surface area (Å²) in [5.41, 5.74) is 0. The van der Waals surface area contributed by atoms with Crippen LogP contribution in [0.15, 0.2) is 48.6 Å². The molecule has 3 rings (SSSR count). The maximum absolute atomic E-state index is 13.2. The molecule has 19 heteroatoms. The van der Waals surface area contributed by atoms with Crippen LogP contribution in [0, 0.1) is 0 Å². The van der Waals surface area contributed by atoms with Crippen LogP contribution in [0.4, 0.5) is 0 Å². The highest BCUT2D eigenvalue weighted by Crippen LogP contribution is 2.33. The highest BCUT2D eigenvalue weighted by molar-refractivity contribution is 5.76. The molecule has 0 aliphatic carbocycles. The van der Waals surface area contributed by atoms with Gasteiger partial charge in [0.05, 0.1) is 38.6 Å². The number of ether oxygens (including phenoxy) is 6. The minimum absolute atomic E-state index is 0.206. The van der Waals surface area contributed by atoms with E-state index >= 15 is 0 Å². The van der Waals surface area contributed by atoms with E-state index in [9.17, 15) is 61.0 Å². The molecule has 0 spiro atoms. The second-order valence-corrected chi connectivity index (χ2v) is 17.9. The molecule has 68 heavy (non-hydrogen) atoms. The van der Waals surface area contributed by atoms with E-state index in [1.165, 1.54) is 32.1 Å². The van der Waals surface area contributed by atoms with Gasteiger partial charge in [-0.15, -0.1) is 0 Å². The van der Waals surface area contributed by atoms with Gasteiger partial charge in [0.1, 0.15) is 73.2 Å². The second kappa shape index (κ2) is 34.2. The zero-order chi connectivity index (χ0) is 49.8. The summed E-state index contributed by atoms with van der Waals surface area (Å²) in [4.78, 5) is 13.2. The number of allylic oxidation sites excluding steroid dienone is 7. The van der Waals surface area contributed by atoms with E-state index in [4.69, 9.17) is 28.4 Å². The van der Waals surface area contributed by atoms with Crippen molar-refractivity contribution in [2.45, 2.75) is 227 Å². The van der Waals surface area contributed by atoms with Crippen molar-refractivity contribution in [3.05, 3.63) is 48.6 Å². The SMILES string of the molecule is CC/C=C\C/C=C\C/C=C\CCCCCC(=O)NC(COC1OC(CO)C(OC2OC(CO)C(OC3OC(CO)C(O)C(O)C3O)C(O)C2O)C(O)C1O)C(O)/C=C/CCCCCCCCCC. The summed E-state index contributed by atoms with van der Waals surface area (Å²) in [6.45, 7) is 1.50. The minimum Gasteiger partial charge on any atom is -0.394 e. The maximum Gasteiger partial charge on any atom is 0.220 e. The molecule has 3 saturated heterocycles. The predicted octanol–water partition coefficient (Wildman–Crippen LogP) is 1.19. The van der Waals surface area contributed by atoms with E-state index in [-0.39, 0.29) is 18.9 Å². The van der Waals surface area contributed by atoms with Crippen LogP contribution in [0.2, 0.25) is 0 Å². The summed E-state index contributed by atoms with van der Waals surface area (Å²) in [5.74, 6) is -0.311. The Morgan fingerprint density at radius 2 is 1.01 bits per heavy atom. The van der Waals surface area contributed by atoms with Gasteiger partial charge in [-0.05, 0) is 51.4 Å². The van der Waals surface area contributed by atoms with Crippen molar-refractivity contribution >= 4 is 5.91 Å². The number of carbonyl (C=O) groups is 1. The Kier molecular flexibility index (Phi) is 30.2. The van der Waals surface area contributed by atoms with Crippen LogP contribution in [-0.2, 0) is 33.2 Å². The third-order valence-electron chi connectivity index (χ3n) is 12.4. The van der Waals surface area contributed by atoms with Gasteiger partial charge in [-0.2, -0.15) is 0 Å². The average Bonchev–Trinajstić information content (AvgIpc) is 3.33. The number of hydrogen-bond acceptors (Lipinski definition) is 18. The number of amides is 1. The van der Waals surface area contributed by atoms with E-state index in [1.54, 1.807) is 6.08 Å². The molecule has 0 aromatic rings. The molecule has 0 bridgehead atoms. The van der Waals surface area contributed by atoms with Gasteiger partial charge < -0.3 is 89.9 Å². The van der Waals surface area contributed by atoms with Gasteiger partial charge in [0.2, 0.25) is 5.91 Å². The van der Waals surface area contributed by atoms with Crippen LogP contribution in [0.1, 0.15) is 123 Å². The predicted molar refractivity (Wildman–Crippen MR) is 249 cm³/mol. The van der Waals surface area contributed by atoms with E-state index in [0.717, 1.165) is 64.2 Å². The first kappa shape index (κ1) is 60.1. The lowest BCUT2D eigenvalue weighted by Gasteiger charge is -2.48. The Balaban J connectivity index is 1.59. The summed E-state index contributed by atoms with van der Waals surface area (Å²) in [7, 11) is 0. The molecule has 12 N–H and O–H groups in total. The lowest BCUT2D eigenvalue weighted by molar-refractivity contribution is -0.379. The van der Waals surface area contributed by atoms with Crippen LogP contribution in [0.3, 0.4) is 0 Å². The van der Waals surface area contributed by atoms with Gasteiger partial charge in [0.25, 0.3) is 0 Å². The van der Waals surface area contributed by atoms with E-state index in [0.29, 0.717) is 6.42 Å². The van der Waals surface area contributed by atoms with Crippen LogP contribution < -0.4 is 5.32 Å². The molecule has 0 radical (unpaired) electrons. The molecule has 3 fully saturated rings. The Bertz CT molecular complexity index is 1450. The first-order valence-corrected chi connectivity index (χ1v) is 24.9. The normalized spacial score (nSPS) is 33.6. The molecule has 3 aliphatic heterocycles. The standard InChI is InChI=1S/C49H85NO18/c1-3-5-7-9-11-13-15-16-17-19-21-23-25-27-37(55)50-32(33(54)26-24-22-20-18-14-12-10-8-6-4-2)31-63-47-43(61)40(58)45(35(29-52)65-47)68-49-44(62)41(59)46(36(30-53)66-49)67-48-42(60)39(57)38(56)34(28-51)64-48/h5,7,11,13,16-17,24,26,32-36,38-49,51-54,56-62H,3-4,6,8-10,12,14-15,18-23,25,27-31H2,1-2H3,(H,50,55)/b7-5-,13-11-,17-16-,26-24+. The van der Waals surface area contributed by atoms with Crippen molar-refractivity contribution in [2.24, 2.45) is 0 Å². The van der Waals surface area contributed by atoms with Gasteiger partial charge in [-0.1, -0.05) is 114 Å². The van der Waals surface area contributed by atoms with Crippen molar-refractivity contribution in [1.29, 1.82) is 0 Å². The quantitative estimate of drug-likeness (QED) is 0.0325. The maximum atomic E-state index is 13.2. The van der Waals surface area contributed by atoms with Crippen LogP contribution in [0.25, 0.3) is 0 Å². The second-order valence-electron chi connectivity index (χ2n) is 17.9. The molecule has 3 aliphatic rings. The molecule has 3 heterocycles. The Morgan fingerprint density at radius 3 is 1.59 bits per heavy atom. The Labute approximate surface area is 402 Å². The number of hydrogen-bond donors (Lipinski definition) is 12. The topological polar surface area (TPSA) is 307 Å². The number of aliphatic hydroxyl groups excluding tert-OH is 11. The fourth-order valence-corrected chi connectivity index (χ4v) is 8.20. The van der Waals surface area contributed by atoms with E-state index in [2.05, 4.69) is 55.6 Å². The largest absolute Gasteiger partial charge is 0.394 e. The fraction of sp³-hybridized carbons (Fsp3) is 0.816. The van der Waals surface area contributed by atoms with Gasteiger partial charge in [-0.25, -0.2) is 0 Å². The van der Waals surface area contributed by atoms with E-state index in [1.807, 2.05) is 6.08 Å². The zero-order valence-electron chi connectivity index (χ0n) is 40.1. The lowest BCUT2D eigenvalue weighted by Crippen LogP contribution is -2.66. The molecule has 0 aromatic heterocycles. The molecular formula is C49H85NO18. The van der Waals surface area contributed by atoms with Gasteiger partial charge in [0.15, 0.2) is 18.9 Å². The number of carbonyl (C=O) groups excluding carboxylic acids is 1. The van der Waals surface area contributed by atoms with Crippen molar-refractivity contribution < 1.29 is 89.4 Å². The highest BCUT2D eigenvalue weighted by atomic mass is 16.8. The summed E-state index contributed by atoms with van der Waals surface area (Å²) in [5, 5.41) is 119. The third kappa shape index (κ3) is 20.1. The van der Waals surface area contributed by atoms with Crippen molar-refractivity contribution in [3.63, 3.8) is 0 Å². The molecule has 17 unspecified atom stereocenters. The first-order valence-electron chi connectivity index (χ1n) is 24.9. The Hall–Kier alpha value is -2.25. The van der Waals surface area contributed by atoms with Crippen LogP contribution in [0.5, 0.6) is 0 Å². The van der Waals surface area contributed by atoms with Crippen molar-refractivity contribution in [2.75, 3.05) is 26.4 Å². The highest BCUT2D eigenvalue weighted by Gasteiger charge is 2.53. The van der Waals surface area contributed by atoms with E-state index < -0.39 is 124 Å².